The Balaban J connectivity index is 1.34. The minimum Gasteiger partial charge on any atom is -0.460 e. The number of hydrogen-bond donors (Lipinski definition) is 0. The maximum Gasteiger partial charge on any atom is 0.416 e. The van der Waals surface area contributed by atoms with Crippen molar-refractivity contribution >= 4 is 34.3 Å². The maximum absolute atomic E-state index is 13.0. The van der Waals surface area contributed by atoms with Crippen molar-refractivity contribution in [3.63, 3.8) is 0 Å². The molecule has 0 radical (unpaired) electrons. The van der Waals surface area contributed by atoms with Crippen molar-refractivity contribution in [2.24, 2.45) is 0 Å². The number of rotatable bonds is 5. The summed E-state index contributed by atoms with van der Waals surface area (Å²) in [5.41, 5.74) is 2.63. The number of thioether (sulfide) groups is 1. The van der Waals surface area contributed by atoms with E-state index in [1.165, 1.54) is 23.9 Å². The summed E-state index contributed by atoms with van der Waals surface area (Å²) in [4.78, 5) is 26.2. The van der Waals surface area contributed by atoms with Crippen molar-refractivity contribution in [2.75, 3.05) is 5.75 Å². The third-order valence-corrected chi connectivity index (χ3v) is 6.75. The second kappa shape index (κ2) is 8.65. The van der Waals surface area contributed by atoms with Crippen molar-refractivity contribution in [3.05, 3.63) is 101 Å². The van der Waals surface area contributed by atoms with E-state index in [9.17, 15) is 22.8 Å². The van der Waals surface area contributed by atoms with Crippen molar-refractivity contribution < 1.29 is 27.5 Å². The molecule has 3 nitrogen and oxygen atoms in total. The topological polar surface area (TPSA) is 43.4 Å². The quantitative estimate of drug-likeness (QED) is 0.203. The van der Waals surface area contributed by atoms with Crippen LogP contribution in [0.25, 0.3) is 21.9 Å². The minimum atomic E-state index is -4.45. The van der Waals surface area contributed by atoms with Gasteiger partial charge >= 0.3 is 12.1 Å². The Morgan fingerprint density at radius 1 is 0.824 bits per heavy atom. The van der Waals surface area contributed by atoms with Gasteiger partial charge in [-0.1, -0.05) is 60.7 Å². The minimum absolute atomic E-state index is 0.0117. The molecule has 0 saturated carbocycles. The molecule has 0 amide bonds. The zero-order valence-electron chi connectivity index (χ0n) is 17.7. The zero-order valence-corrected chi connectivity index (χ0v) is 18.5. The number of fused-ring (bicyclic) bond motifs is 2. The van der Waals surface area contributed by atoms with Gasteiger partial charge in [-0.25, -0.2) is 0 Å². The van der Waals surface area contributed by atoms with E-state index in [4.69, 9.17) is 4.74 Å². The number of ether oxygens (including phenoxy) is 1. The van der Waals surface area contributed by atoms with E-state index in [0.717, 1.165) is 38.9 Å². The van der Waals surface area contributed by atoms with Gasteiger partial charge in [-0.3, -0.25) is 9.59 Å². The monoisotopic (exact) mass is 478 g/mol. The Bertz CT molecular complexity index is 1440. The van der Waals surface area contributed by atoms with Gasteiger partial charge in [0.2, 0.25) is 0 Å². The normalized spacial score (nSPS) is 12.5. The number of benzene rings is 4. The predicted octanol–water partition coefficient (Wildman–Crippen LogP) is 6.91. The summed E-state index contributed by atoms with van der Waals surface area (Å²) in [6.45, 7) is -0.238. The van der Waals surface area contributed by atoms with Crippen LogP contribution >= 0.6 is 11.8 Å². The number of esters is 1. The van der Waals surface area contributed by atoms with E-state index < -0.39 is 17.7 Å². The third kappa shape index (κ3) is 4.07. The Morgan fingerprint density at radius 2 is 1.56 bits per heavy atom. The first-order chi connectivity index (χ1) is 16.3. The van der Waals surface area contributed by atoms with Crippen LogP contribution in [0.2, 0.25) is 0 Å². The van der Waals surface area contributed by atoms with Gasteiger partial charge < -0.3 is 4.74 Å². The van der Waals surface area contributed by atoms with Gasteiger partial charge in [0.1, 0.15) is 6.61 Å². The Morgan fingerprint density at radius 3 is 2.35 bits per heavy atom. The van der Waals surface area contributed by atoms with Crippen LogP contribution in [0.4, 0.5) is 13.2 Å². The van der Waals surface area contributed by atoms with Gasteiger partial charge in [-0.05, 0) is 40.3 Å². The molecule has 5 rings (SSSR count). The fourth-order valence-electron chi connectivity index (χ4n) is 4.16. The lowest BCUT2D eigenvalue weighted by Crippen LogP contribution is -2.10. The van der Waals surface area contributed by atoms with Crippen LogP contribution < -0.4 is 0 Å². The summed E-state index contributed by atoms with van der Waals surface area (Å²) in [6, 6.07) is 21.6. The predicted molar refractivity (Wildman–Crippen MR) is 125 cm³/mol. The first-order valence-electron chi connectivity index (χ1n) is 10.5. The second-order valence-corrected chi connectivity index (χ2v) is 8.88. The number of halogens is 3. The lowest BCUT2D eigenvalue weighted by Gasteiger charge is -2.21. The molecule has 0 aliphatic heterocycles. The van der Waals surface area contributed by atoms with Gasteiger partial charge in [0.15, 0.2) is 5.78 Å². The molecule has 4 aromatic carbocycles. The molecule has 0 aromatic heterocycles. The molecule has 0 spiro atoms. The van der Waals surface area contributed by atoms with Gasteiger partial charge in [0.25, 0.3) is 0 Å². The SMILES string of the molecule is O=C(CSc1ccc2c3c(cccc13)C(=O)c1ccccc1-2)OCc1cccc(C(F)(F)F)c1. The van der Waals surface area contributed by atoms with Crippen molar-refractivity contribution in [2.45, 2.75) is 17.7 Å². The van der Waals surface area contributed by atoms with Crippen LogP contribution in [-0.2, 0) is 22.3 Å². The van der Waals surface area contributed by atoms with Gasteiger partial charge in [0, 0.05) is 21.4 Å². The Hall–Kier alpha value is -3.58. The molecule has 0 bridgehead atoms. The van der Waals surface area contributed by atoms with Crippen LogP contribution in [0.3, 0.4) is 0 Å². The van der Waals surface area contributed by atoms with Crippen molar-refractivity contribution in [1.82, 2.24) is 0 Å². The van der Waals surface area contributed by atoms with E-state index >= 15 is 0 Å². The molecule has 0 atom stereocenters. The average Bonchev–Trinajstić information content (AvgIpc) is 2.84. The number of ketones is 1. The van der Waals surface area contributed by atoms with Crippen LogP contribution in [0.5, 0.6) is 0 Å². The fraction of sp³-hybridized carbons (Fsp3) is 0.111. The molecule has 0 saturated heterocycles. The van der Waals surface area contributed by atoms with E-state index in [1.54, 1.807) is 0 Å². The smallest absolute Gasteiger partial charge is 0.416 e. The summed E-state index contributed by atoms with van der Waals surface area (Å²) in [5, 5.41) is 1.72. The van der Waals surface area contributed by atoms with Crippen molar-refractivity contribution in [3.8, 4) is 11.1 Å². The summed E-state index contributed by atoms with van der Waals surface area (Å²) >= 11 is 1.27. The second-order valence-electron chi connectivity index (χ2n) is 7.86. The van der Waals surface area contributed by atoms with E-state index in [1.807, 2.05) is 54.6 Å². The lowest BCUT2D eigenvalue weighted by atomic mass is 9.83. The van der Waals surface area contributed by atoms with Gasteiger partial charge in [-0.2, -0.15) is 13.2 Å². The molecule has 7 heteroatoms. The molecular formula is C27H17F3O3S. The summed E-state index contributed by atoms with van der Waals surface area (Å²) in [6.07, 6.45) is -4.45. The molecule has 0 fully saturated rings. The molecule has 4 aromatic rings. The van der Waals surface area contributed by atoms with Crippen LogP contribution in [-0.4, -0.2) is 17.5 Å². The lowest BCUT2D eigenvalue weighted by molar-refractivity contribution is -0.141. The first kappa shape index (κ1) is 22.2. The standard InChI is InChI=1S/C27H17F3O3S/c28-27(29,30)17-6-3-5-16(13-17)14-33-24(31)15-34-23-12-11-19-18-7-1-2-8-20(18)26(32)22-10-4-9-21(23)25(19)22/h1-13H,14-15H2. The Labute approximate surface area is 197 Å². The molecule has 0 heterocycles. The molecule has 1 aliphatic rings. The number of carbonyl (C=O) groups is 2. The molecular weight excluding hydrogens is 461 g/mol. The average molecular weight is 478 g/mol. The largest absolute Gasteiger partial charge is 0.460 e. The van der Waals surface area contributed by atoms with Crippen LogP contribution in [0.15, 0.2) is 83.8 Å². The van der Waals surface area contributed by atoms with Crippen LogP contribution in [0.1, 0.15) is 27.0 Å². The van der Waals surface area contributed by atoms with Crippen LogP contribution in [0, 0.1) is 0 Å². The molecule has 34 heavy (non-hydrogen) atoms. The molecule has 170 valence electrons. The summed E-state index contributed by atoms with van der Waals surface area (Å²) in [5.74, 6) is -0.581. The molecule has 1 aliphatic carbocycles. The first-order valence-corrected chi connectivity index (χ1v) is 11.5. The molecule has 0 unspecified atom stereocenters. The molecule has 0 N–H and O–H groups in total. The highest BCUT2D eigenvalue weighted by Crippen LogP contribution is 2.42. The third-order valence-electron chi connectivity index (χ3n) is 5.71. The zero-order chi connectivity index (χ0) is 23.9. The highest BCUT2D eigenvalue weighted by molar-refractivity contribution is 8.00. The van der Waals surface area contributed by atoms with Gasteiger partial charge in [-0.15, -0.1) is 11.8 Å². The van der Waals surface area contributed by atoms with E-state index in [2.05, 4.69) is 0 Å². The fourth-order valence-corrected chi connectivity index (χ4v) is 5.01. The highest BCUT2D eigenvalue weighted by Gasteiger charge is 2.30. The highest BCUT2D eigenvalue weighted by atomic mass is 32.2. The maximum atomic E-state index is 13.0. The van der Waals surface area contributed by atoms with E-state index in [0.29, 0.717) is 11.1 Å². The summed E-state index contributed by atoms with van der Waals surface area (Å²) in [7, 11) is 0. The van der Waals surface area contributed by atoms with Gasteiger partial charge in [0.05, 0.1) is 11.3 Å². The number of carbonyl (C=O) groups excluding carboxylic acids is 2. The number of alkyl halides is 3. The van der Waals surface area contributed by atoms with E-state index in [-0.39, 0.29) is 23.7 Å². The number of hydrogen-bond acceptors (Lipinski definition) is 4. The van der Waals surface area contributed by atoms with Crippen molar-refractivity contribution in [1.29, 1.82) is 0 Å². The Kier molecular flexibility index (Phi) is 5.65. The summed E-state index contributed by atoms with van der Waals surface area (Å²) < 4.78 is 43.8.